The number of hydrogen-bond donors (Lipinski definition) is 0. The Labute approximate surface area is 167 Å². The molecule has 2 aromatic rings. The lowest BCUT2D eigenvalue weighted by Gasteiger charge is -2.26. The van der Waals surface area contributed by atoms with Crippen molar-refractivity contribution in [2.24, 2.45) is 0 Å². The van der Waals surface area contributed by atoms with Gasteiger partial charge in [0.1, 0.15) is 16.8 Å². The molecule has 1 heterocycles. The third-order valence-electron chi connectivity index (χ3n) is 4.36. The molecular formula is C19H19ClFNO5S. The molecule has 1 aliphatic rings. The topological polar surface area (TPSA) is 72.9 Å². The fourth-order valence-electron chi connectivity index (χ4n) is 2.81. The maximum absolute atomic E-state index is 13.4. The van der Waals surface area contributed by atoms with Crippen LogP contribution < -0.4 is 0 Å². The summed E-state index contributed by atoms with van der Waals surface area (Å²) in [5.41, 5.74) is 0.531. The Bertz CT molecular complexity index is 976. The molecule has 0 radical (unpaired) electrons. The summed E-state index contributed by atoms with van der Waals surface area (Å²) in [5.74, 6) is -1.17. The maximum atomic E-state index is 13.4. The van der Waals surface area contributed by atoms with Gasteiger partial charge in [-0.25, -0.2) is 17.6 Å². The van der Waals surface area contributed by atoms with Gasteiger partial charge in [-0.15, -0.1) is 0 Å². The van der Waals surface area contributed by atoms with E-state index in [-0.39, 0.29) is 28.6 Å². The van der Waals surface area contributed by atoms with Gasteiger partial charge in [0.05, 0.1) is 23.8 Å². The second-order valence-electron chi connectivity index (χ2n) is 6.26. The minimum atomic E-state index is -3.87. The number of benzene rings is 2. The standard InChI is InChI=1S/C19H19ClFNO5S/c1-13(14-3-2-4-16(21)11-14)27-19(23)15-5-6-17(20)18(12-15)28(24,25)22-7-9-26-10-8-22/h2-6,11-13H,7-10H2,1H3/t13-/m1/s1. The van der Waals surface area contributed by atoms with E-state index in [0.717, 1.165) is 0 Å². The Morgan fingerprint density at radius 2 is 1.93 bits per heavy atom. The van der Waals surface area contributed by atoms with Gasteiger partial charge in [-0.05, 0) is 42.8 Å². The third kappa shape index (κ3) is 4.52. The van der Waals surface area contributed by atoms with Crippen LogP contribution in [-0.2, 0) is 19.5 Å². The first-order chi connectivity index (χ1) is 13.3. The molecule has 0 bridgehead atoms. The van der Waals surface area contributed by atoms with Crippen LogP contribution >= 0.6 is 11.6 Å². The van der Waals surface area contributed by atoms with Gasteiger partial charge < -0.3 is 9.47 Å². The second kappa shape index (κ2) is 8.57. The molecule has 0 aliphatic carbocycles. The van der Waals surface area contributed by atoms with Crippen LogP contribution in [0.25, 0.3) is 0 Å². The molecule has 1 aliphatic heterocycles. The summed E-state index contributed by atoms with van der Waals surface area (Å²) < 4.78 is 50.9. The monoisotopic (exact) mass is 427 g/mol. The van der Waals surface area contributed by atoms with E-state index in [1.807, 2.05) is 0 Å². The maximum Gasteiger partial charge on any atom is 0.338 e. The SMILES string of the molecule is C[C@@H](OC(=O)c1ccc(Cl)c(S(=O)(=O)N2CCOCC2)c1)c1cccc(F)c1. The molecule has 0 amide bonds. The van der Waals surface area contributed by atoms with Crippen molar-refractivity contribution in [2.75, 3.05) is 26.3 Å². The predicted molar refractivity (Wildman–Crippen MR) is 101 cm³/mol. The van der Waals surface area contributed by atoms with Crippen molar-refractivity contribution in [1.29, 1.82) is 0 Å². The minimum Gasteiger partial charge on any atom is -0.454 e. The largest absolute Gasteiger partial charge is 0.454 e. The molecule has 0 saturated carbocycles. The summed E-state index contributed by atoms with van der Waals surface area (Å²) >= 11 is 6.09. The lowest BCUT2D eigenvalue weighted by Crippen LogP contribution is -2.40. The average molecular weight is 428 g/mol. The van der Waals surface area contributed by atoms with Crippen LogP contribution in [0.1, 0.15) is 28.9 Å². The number of halogens is 2. The summed E-state index contributed by atoms with van der Waals surface area (Å²) in [7, 11) is -3.87. The fraction of sp³-hybridized carbons (Fsp3) is 0.316. The number of hydrogen-bond acceptors (Lipinski definition) is 5. The van der Waals surface area contributed by atoms with Crippen molar-refractivity contribution in [3.05, 3.63) is 64.4 Å². The van der Waals surface area contributed by atoms with Gasteiger partial charge in [-0.3, -0.25) is 0 Å². The molecule has 1 atom stereocenters. The number of morpholine rings is 1. The van der Waals surface area contributed by atoms with E-state index in [9.17, 15) is 17.6 Å². The van der Waals surface area contributed by atoms with E-state index in [1.54, 1.807) is 13.0 Å². The van der Waals surface area contributed by atoms with Crippen LogP contribution in [0.15, 0.2) is 47.4 Å². The average Bonchev–Trinajstić information content (AvgIpc) is 2.68. The van der Waals surface area contributed by atoms with Crippen LogP contribution in [0.4, 0.5) is 4.39 Å². The van der Waals surface area contributed by atoms with Crippen molar-refractivity contribution >= 4 is 27.6 Å². The summed E-state index contributed by atoms with van der Waals surface area (Å²) in [6, 6.07) is 9.66. The molecule has 3 rings (SSSR count). The highest BCUT2D eigenvalue weighted by Gasteiger charge is 2.29. The predicted octanol–water partition coefficient (Wildman–Crippen LogP) is 3.42. The van der Waals surface area contributed by atoms with E-state index < -0.39 is 27.9 Å². The molecule has 0 N–H and O–H groups in total. The fourth-order valence-corrected chi connectivity index (χ4v) is 4.72. The zero-order valence-electron chi connectivity index (χ0n) is 15.1. The second-order valence-corrected chi connectivity index (χ2v) is 8.58. The minimum absolute atomic E-state index is 0.0150. The molecule has 150 valence electrons. The third-order valence-corrected chi connectivity index (χ3v) is 6.74. The number of rotatable bonds is 5. The highest BCUT2D eigenvalue weighted by Crippen LogP contribution is 2.28. The van der Waals surface area contributed by atoms with E-state index in [1.165, 1.54) is 40.7 Å². The van der Waals surface area contributed by atoms with Crippen molar-refractivity contribution in [3.63, 3.8) is 0 Å². The molecule has 6 nitrogen and oxygen atoms in total. The first kappa shape index (κ1) is 20.7. The van der Waals surface area contributed by atoms with E-state index in [2.05, 4.69) is 0 Å². The number of esters is 1. The molecule has 0 aromatic heterocycles. The summed E-state index contributed by atoms with van der Waals surface area (Å²) in [6.07, 6.45) is -0.710. The molecule has 28 heavy (non-hydrogen) atoms. The highest BCUT2D eigenvalue weighted by atomic mass is 35.5. The molecule has 9 heteroatoms. The normalized spacial score (nSPS) is 16.5. The molecule has 1 fully saturated rings. The van der Waals surface area contributed by atoms with Crippen molar-refractivity contribution < 1.29 is 27.1 Å². The summed E-state index contributed by atoms with van der Waals surface area (Å²) in [6.45, 7) is 2.62. The summed E-state index contributed by atoms with van der Waals surface area (Å²) in [4.78, 5) is 12.3. The quantitative estimate of drug-likeness (QED) is 0.683. The Hall–Kier alpha value is -2.00. The number of carbonyl (C=O) groups is 1. The van der Waals surface area contributed by atoms with Crippen LogP contribution in [0.5, 0.6) is 0 Å². The number of ether oxygens (including phenoxy) is 2. The van der Waals surface area contributed by atoms with Crippen molar-refractivity contribution in [2.45, 2.75) is 17.9 Å². The zero-order valence-corrected chi connectivity index (χ0v) is 16.7. The Morgan fingerprint density at radius 3 is 2.61 bits per heavy atom. The van der Waals surface area contributed by atoms with E-state index in [4.69, 9.17) is 21.1 Å². The molecule has 2 aromatic carbocycles. The van der Waals surface area contributed by atoms with Gasteiger partial charge in [-0.2, -0.15) is 4.31 Å². The van der Waals surface area contributed by atoms with Crippen LogP contribution in [0.2, 0.25) is 5.02 Å². The van der Waals surface area contributed by atoms with Gasteiger partial charge in [0, 0.05) is 13.1 Å². The van der Waals surface area contributed by atoms with Gasteiger partial charge in [0.25, 0.3) is 0 Å². The van der Waals surface area contributed by atoms with Gasteiger partial charge in [0.15, 0.2) is 0 Å². The molecule has 0 unspecified atom stereocenters. The van der Waals surface area contributed by atoms with Crippen LogP contribution in [-0.4, -0.2) is 45.0 Å². The molecular weight excluding hydrogens is 409 g/mol. The Kier molecular flexibility index (Phi) is 6.34. The lowest BCUT2D eigenvalue weighted by molar-refractivity contribution is 0.0337. The van der Waals surface area contributed by atoms with Crippen molar-refractivity contribution in [3.8, 4) is 0 Å². The van der Waals surface area contributed by atoms with Gasteiger partial charge >= 0.3 is 5.97 Å². The van der Waals surface area contributed by atoms with Gasteiger partial charge in [0.2, 0.25) is 10.0 Å². The first-order valence-corrected chi connectivity index (χ1v) is 10.4. The molecule has 0 spiro atoms. The zero-order chi connectivity index (χ0) is 20.3. The number of carbonyl (C=O) groups excluding carboxylic acids is 1. The summed E-state index contributed by atoms with van der Waals surface area (Å²) in [5, 5.41) is 0.0150. The van der Waals surface area contributed by atoms with E-state index >= 15 is 0 Å². The van der Waals surface area contributed by atoms with E-state index in [0.29, 0.717) is 18.8 Å². The number of sulfonamides is 1. The highest BCUT2D eigenvalue weighted by molar-refractivity contribution is 7.89. The lowest BCUT2D eigenvalue weighted by atomic mass is 10.1. The van der Waals surface area contributed by atoms with Crippen LogP contribution in [0.3, 0.4) is 0 Å². The number of nitrogens with zero attached hydrogens (tertiary/aromatic N) is 1. The Balaban J connectivity index is 1.83. The molecule has 1 saturated heterocycles. The van der Waals surface area contributed by atoms with Gasteiger partial charge in [-0.1, -0.05) is 23.7 Å². The Morgan fingerprint density at radius 1 is 1.21 bits per heavy atom. The first-order valence-electron chi connectivity index (χ1n) is 8.63. The smallest absolute Gasteiger partial charge is 0.338 e. The van der Waals surface area contributed by atoms with Crippen molar-refractivity contribution in [1.82, 2.24) is 4.31 Å². The van der Waals surface area contributed by atoms with Crippen LogP contribution in [0, 0.1) is 5.82 Å².